The Morgan fingerprint density at radius 2 is 1.94 bits per heavy atom. The molecule has 0 aliphatic carbocycles. The lowest BCUT2D eigenvalue weighted by molar-refractivity contribution is 0.0948. The van der Waals surface area contributed by atoms with E-state index in [9.17, 15) is 17.6 Å². The summed E-state index contributed by atoms with van der Waals surface area (Å²) in [6.45, 7) is 0.597. The molecular weight excluding hydrogens is 453 g/mol. The third-order valence-corrected chi connectivity index (χ3v) is 6.71. The lowest BCUT2D eigenvalue weighted by atomic mass is 10.1. The number of thiazole rings is 1. The normalized spacial score (nSPS) is 12.1. The van der Waals surface area contributed by atoms with Gasteiger partial charge in [0.05, 0.1) is 17.7 Å². The molecule has 0 radical (unpaired) electrons. The van der Waals surface area contributed by atoms with E-state index >= 15 is 0 Å². The first-order valence-electron chi connectivity index (χ1n) is 9.51. The second-order valence-corrected chi connectivity index (χ2v) is 9.27. The molecule has 1 amide bonds. The number of amides is 1. The monoisotopic (exact) mass is 471 g/mol. The zero-order valence-electron chi connectivity index (χ0n) is 16.6. The molecule has 32 heavy (non-hydrogen) atoms. The van der Waals surface area contributed by atoms with Crippen LogP contribution < -0.4 is 10.1 Å². The van der Waals surface area contributed by atoms with E-state index in [0.29, 0.717) is 17.9 Å². The maximum atomic E-state index is 13.1. The van der Waals surface area contributed by atoms with Crippen LogP contribution in [0.1, 0.15) is 21.7 Å². The van der Waals surface area contributed by atoms with Crippen LogP contribution >= 0.6 is 11.3 Å². The van der Waals surface area contributed by atoms with E-state index < -0.39 is 15.8 Å². The van der Waals surface area contributed by atoms with Gasteiger partial charge in [-0.15, -0.1) is 15.7 Å². The van der Waals surface area contributed by atoms with Crippen molar-refractivity contribution in [2.24, 2.45) is 4.40 Å². The molecule has 0 unspecified atom stereocenters. The van der Waals surface area contributed by atoms with Crippen LogP contribution in [0.25, 0.3) is 0 Å². The highest BCUT2D eigenvalue weighted by molar-refractivity contribution is 7.90. The Bertz CT molecular complexity index is 1390. The van der Waals surface area contributed by atoms with Crippen molar-refractivity contribution in [2.75, 3.05) is 0 Å². The number of nitrogens with one attached hydrogen (secondary N) is 1. The minimum atomic E-state index is -3.99. The van der Waals surface area contributed by atoms with Crippen molar-refractivity contribution in [1.29, 1.82) is 0 Å². The fourth-order valence-electron chi connectivity index (χ4n) is 2.94. The molecule has 4 rings (SSSR count). The molecule has 0 bridgehead atoms. The number of sulfonamides is 1. The average Bonchev–Trinajstić information content (AvgIpc) is 3.45. The minimum absolute atomic E-state index is 0.0888. The Balaban J connectivity index is 1.53. The molecule has 2 aromatic carbocycles. The molecule has 2 heterocycles. The standard InChI is InChI=1S/C22H18FN3O4S2/c23-18-6-8-20(9-7-18)32(28,29)25-22-26(10-12-31-22)15-16-3-1-4-17(13-16)21(27)24-14-19-5-2-11-30-19/h1-13H,14-15H2,(H,24,27). The third-order valence-electron chi connectivity index (χ3n) is 4.52. The molecule has 0 saturated carbocycles. The highest BCUT2D eigenvalue weighted by Gasteiger charge is 2.14. The van der Waals surface area contributed by atoms with Crippen LogP contribution in [-0.4, -0.2) is 18.9 Å². The zero-order chi connectivity index (χ0) is 22.6. The first-order valence-corrected chi connectivity index (χ1v) is 11.8. The van der Waals surface area contributed by atoms with E-state index in [1.165, 1.54) is 12.1 Å². The van der Waals surface area contributed by atoms with Crippen molar-refractivity contribution >= 4 is 27.3 Å². The van der Waals surface area contributed by atoms with Crippen LogP contribution in [0, 0.1) is 5.82 Å². The second kappa shape index (κ2) is 9.33. The van der Waals surface area contributed by atoms with Gasteiger partial charge in [-0.05, 0) is 54.1 Å². The Morgan fingerprint density at radius 3 is 2.69 bits per heavy atom. The molecule has 10 heteroatoms. The molecule has 0 spiro atoms. The van der Waals surface area contributed by atoms with Gasteiger partial charge in [-0.2, -0.15) is 8.42 Å². The van der Waals surface area contributed by atoms with Gasteiger partial charge in [-0.1, -0.05) is 12.1 Å². The van der Waals surface area contributed by atoms with Gasteiger partial charge >= 0.3 is 0 Å². The highest BCUT2D eigenvalue weighted by atomic mass is 32.2. The fourth-order valence-corrected chi connectivity index (χ4v) is 4.90. The summed E-state index contributed by atoms with van der Waals surface area (Å²) in [5, 5.41) is 4.51. The molecule has 0 fully saturated rings. The highest BCUT2D eigenvalue weighted by Crippen LogP contribution is 2.13. The second-order valence-electron chi connectivity index (χ2n) is 6.80. The van der Waals surface area contributed by atoms with Crippen LogP contribution in [0.3, 0.4) is 0 Å². The van der Waals surface area contributed by atoms with E-state index in [4.69, 9.17) is 4.42 Å². The van der Waals surface area contributed by atoms with Crippen LogP contribution in [0.2, 0.25) is 0 Å². The summed E-state index contributed by atoms with van der Waals surface area (Å²) in [5.74, 6) is -0.123. The number of rotatable bonds is 7. The maximum Gasteiger partial charge on any atom is 0.285 e. The quantitative estimate of drug-likeness (QED) is 0.446. The zero-order valence-corrected chi connectivity index (χ0v) is 18.3. The minimum Gasteiger partial charge on any atom is -0.467 e. The molecule has 2 aromatic heterocycles. The summed E-state index contributed by atoms with van der Waals surface area (Å²) in [6.07, 6.45) is 3.26. The summed E-state index contributed by atoms with van der Waals surface area (Å²) in [4.78, 5) is 12.6. The van der Waals surface area contributed by atoms with E-state index in [2.05, 4.69) is 9.71 Å². The number of nitrogens with zero attached hydrogens (tertiary/aromatic N) is 2. The van der Waals surface area contributed by atoms with E-state index in [1.807, 2.05) is 6.07 Å². The van der Waals surface area contributed by atoms with Gasteiger partial charge in [0.2, 0.25) is 4.80 Å². The van der Waals surface area contributed by atoms with Crippen LogP contribution in [0.4, 0.5) is 4.39 Å². The summed E-state index contributed by atoms with van der Waals surface area (Å²) >= 11 is 1.16. The van der Waals surface area contributed by atoms with Crippen LogP contribution in [0.15, 0.2) is 92.2 Å². The Labute approximate surface area is 187 Å². The summed E-state index contributed by atoms with van der Waals surface area (Å²) in [5.41, 5.74) is 1.27. The van der Waals surface area contributed by atoms with Crippen molar-refractivity contribution in [2.45, 2.75) is 18.0 Å². The van der Waals surface area contributed by atoms with Crippen molar-refractivity contribution in [3.05, 3.63) is 106 Å². The molecule has 0 aliphatic rings. The molecule has 0 atom stereocenters. The van der Waals surface area contributed by atoms with Gasteiger partial charge in [0.25, 0.3) is 15.9 Å². The predicted molar refractivity (Wildman–Crippen MR) is 117 cm³/mol. The van der Waals surface area contributed by atoms with Crippen molar-refractivity contribution in [1.82, 2.24) is 9.88 Å². The van der Waals surface area contributed by atoms with Crippen LogP contribution in [-0.2, 0) is 23.1 Å². The van der Waals surface area contributed by atoms with Crippen molar-refractivity contribution < 1.29 is 22.0 Å². The Hall–Kier alpha value is -3.50. The van der Waals surface area contributed by atoms with Gasteiger partial charge in [0.15, 0.2) is 0 Å². The third kappa shape index (κ3) is 5.21. The van der Waals surface area contributed by atoms with Crippen LogP contribution in [0.5, 0.6) is 0 Å². The lowest BCUT2D eigenvalue weighted by Crippen LogP contribution is -2.23. The van der Waals surface area contributed by atoms with Gasteiger partial charge in [-0.25, -0.2) is 4.39 Å². The van der Waals surface area contributed by atoms with E-state index in [0.717, 1.165) is 29.0 Å². The average molecular weight is 472 g/mol. The summed E-state index contributed by atoms with van der Waals surface area (Å²) < 4.78 is 49.0. The largest absolute Gasteiger partial charge is 0.467 e. The molecule has 164 valence electrons. The molecule has 7 nitrogen and oxygen atoms in total. The van der Waals surface area contributed by atoms with E-state index in [1.54, 1.807) is 52.7 Å². The Kier molecular flexibility index (Phi) is 6.33. The number of aromatic nitrogens is 1. The number of carbonyl (C=O) groups is 1. The smallest absolute Gasteiger partial charge is 0.285 e. The molecular formula is C22H18FN3O4S2. The maximum absolute atomic E-state index is 13.1. The first kappa shape index (κ1) is 21.7. The fraction of sp³-hybridized carbons (Fsp3) is 0.0909. The number of halogens is 1. The van der Waals surface area contributed by atoms with Gasteiger partial charge in [0, 0.05) is 23.7 Å². The predicted octanol–water partition coefficient (Wildman–Crippen LogP) is 3.55. The number of furan rings is 1. The van der Waals surface area contributed by atoms with Gasteiger partial charge < -0.3 is 14.3 Å². The SMILES string of the molecule is O=C(NCc1ccco1)c1cccc(Cn2ccsc2=NS(=O)(=O)c2ccc(F)cc2)c1. The molecule has 4 aromatic rings. The van der Waals surface area contributed by atoms with Gasteiger partial charge in [0.1, 0.15) is 11.6 Å². The molecule has 0 saturated heterocycles. The number of carbonyl (C=O) groups excluding carboxylic acids is 1. The number of benzene rings is 2. The van der Waals surface area contributed by atoms with Crippen molar-refractivity contribution in [3.63, 3.8) is 0 Å². The van der Waals surface area contributed by atoms with E-state index in [-0.39, 0.29) is 22.1 Å². The lowest BCUT2D eigenvalue weighted by Gasteiger charge is -2.07. The summed E-state index contributed by atoms with van der Waals surface area (Å²) in [6, 6.07) is 15.1. The molecule has 0 aliphatic heterocycles. The Morgan fingerprint density at radius 1 is 1.12 bits per heavy atom. The summed E-state index contributed by atoms with van der Waals surface area (Å²) in [7, 11) is -3.99. The first-order chi connectivity index (χ1) is 15.4. The van der Waals surface area contributed by atoms with Crippen molar-refractivity contribution in [3.8, 4) is 0 Å². The van der Waals surface area contributed by atoms with Gasteiger partial charge in [-0.3, -0.25) is 4.79 Å². The molecule has 1 N–H and O–H groups in total. The number of hydrogen-bond donors (Lipinski definition) is 1. The topological polar surface area (TPSA) is 93.7 Å². The number of hydrogen-bond acceptors (Lipinski definition) is 5.